The van der Waals surface area contributed by atoms with Gasteiger partial charge in [0.05, 0.1) is 23.8 Å². The molecule has 0 aliphatic carbocycles. The topological polar surface area (TPSA) is 38.8 Å². The Hall–Kier alpha value is -1.83. The van der Waals surface area contributed by atoms with Crippen LogP contribution in [0.2, 0.25) is 0 Å². The first kappa shape index (κ1) is 21.9. The number of hydrogen-bond donors (Lipinski definition) is 0. The number of hydrogen-bond acceptors (Lipinski definition) is 5. The average Bonchev–Trinajstić information content (AvgIpc) is 2.98. The van der Waals surface area contributed by atoms with E-state index in [2.05, 4.69) is 22.9 Å². The number of nitrogens with zero attached hydrogens (tertiary/aromatic N) is 1. The Balaban J connectivity index is 1.83. The molecule has 3 rings (SSSR count). The van der Waals surface area contributed by atoms with Crippen molar-refractivity contribution in [2.24, 2.45) is 0 Å². The summed E-state index contributed by atoms with van der Waals surface area (Å²) in [6.45, 7) is 5.26. The number of benzene rings is 2. The first-order valence-electron chi connectivity index (χ1n) is 9.46. The van der Waals surface area contributed by atoms with Gasteiger partial charge < -0.3 is 9.47 Å². The van der Waals surface area contributed by atoms with Gasteiger partial charge in [-0.15, -0.1) is 0 Å². The van der Waals surface area contributed by atoms with E-state index in [4.69, 9.17) is 21.7 Å². The highest BCUT2D eigenvalue weighted by Gasteiger charge is 2.33. The molecule has 1 aliphatic rings. The number of unbranched alkanes of at least 4 members (excludes halogenated alkanes) is 1. The van der Waals surface area contributed by atoms with E-state index in [0.717, 1.165) is 34.3 Å². The van der Waals surface area contributed by atoms with E-state index in [1.807, 2.05) is 55.5 Å². The quantitative estimate of drug-likeness (QED) is 0.241. The predicted molar refractivity (Wildman–Crippen MR) is 128 cm³/mol. The molecule has 1 aliphatic heterocycles. The number of carbonyl (C=O) groups is 1. The molecule has 7 heteroatoms. The molecule has 2 aromatic rings. The van der Waals surface area contributed by atoms with Crippen LogP contribution in [0, 0.1) is 0 Å². The van der Waals surface area contributed by atoms with Gasteiger partial charge in [-0.1, -0.05) is 59.3 Å². The highest BCUT2D eigenvalue weighted by Crippen LogP contribution is 2.37. The van der Waals surface area contributed by atoms with Crippen LogP contribution in [-0.4, -0.2) is 23.4 Å². The van der Waals surface area contributed by atoms with Gasteiger partial charge >= 0.3 is 0 Å². The Morgan fingerprint density at radius 1 is 1.10 bits per heavy atom. The Kier molecular flexibility index (Phi) is 7.75. The maximum absolute atomic E-state index is 12.9. The van der Waals surface area contributed by atoms with E-state index >= 15 is 0 Å². The van der Waals surface area contributed by atoms with Crippen molar-refractivity contribution in [2.45, 2.75) is 26.7 Å². The fourth-order valence-corrected chi connectivity index (χ4v) is 4.32. The second-order valence-electron chi connectivity index (χ2n) is 6.33. The van der Waals surface area contributed by atoms with Crippen molar-refractivity contribution in [1.82, 2.24) is 0 Å². The molecule has 1 amide bonds. The molecule has 1 fully saturated rings. The van der Waals surface area contributed by atoms with Crippen molar-refractivity contribution in [3.8, 4) is 11.5 Å². The molecule has 0 saturated carbocycles. The van der Waals surface area contributed by atoms with E-state index in [0.29, 0.717) is 28.2 Å². The molecule has 29 heavy (non-hydrogen) atoms. The lowest BCUT2D eigenvalue weighted by Gasteiger charge is -2.14. The summed E-state index contributed by atoms with van der Waals surface area (Å²) in [6, 6.07) is 13.2. The summed E-state index contributed by atoms with van der Waals surface area (Å²) in [6.07, 6.45) is 3.91. The van der Waals surface area contributed by atoms with Crippen LogP contribution < -0.4 is 14.4 Å². The van der Waals surface area contributed by atoms with Crippen LogP contribution in [0.1, 0.15) is 32.3 Å². The summed E-state index contributed by atoms with van der Waals surface area (Å²) in [5.41, 5.74) is 1.63. The number of amides is 1. The minimum atomic E-state index is -0.122. The van der Waals surface area contributed by atoms with Crippen molar-refractivity contribution in [3.05, 3.63) is 57.4 Å². The molecule has 4 nitrogen and oxygen atoms in total. The molecule has 1 saturated heterocycles. The monoisotopic (exact) mass is 491 g/mol. The van der Waals surface area contributed by atoms with Crippen LogP contribution in [0.25, 0.3) is 6.08 Å². The van der Waals surface area contributed by atoms with Gasteiger partial charge in [-0.2, -0.15) is 0 Å². The van der Waals surface area contributed by atoms with Crippen molar-refractivity contribution < 1.29 is 14.3 Å². The molecule has 0 spiro atoms. The molecule has 0 aromatic heterocycles. The van der Waals surface area contributed by atoms with E-state index < -0.39 is 0 Å². The Labute approximate surface area is 189 Å². The highest BCUT2D eigenvalue weighted by molar-refractivity contribution is 9.10. The number of ether oxygens (including phenoxy) is 2. The zero-order valence-corrected chi connectivity index (χ0v) is 19.5. The zero-order valence-electron chi connectivity index (χ0n) is 16.3. The number of thioether (sulfide) groups is 1. The van der Waals surface area contributed by atoms with Crippen molar-refractivity contribution >= 4 is 61.9 Å². The average molecular weight is 492 g/mol. The molecule has 0 radical (unpaired) electrons. The maximum Gasteiger partial charge on any atom is 0.270 e. The van der Waals surface area contributed by atoms with Gasteiger partial charge in [0.15, 0.2) is 15.8 Å². The van der Waals surface area contributed by atoms with Crippen LogP contribution in [0.3, 0.4) is 0 Å². The molecular weight excluding hydrogens is 470 g/mol. The van der Waals surface area contributed by atoms with Gasteiger partial charge in [0.1, 0.15) is 0 Å². The van der Waals surface area contributed by atoms with Crippen LogP contribution in [0.5, 0.6) is 11.5 Å². The summed E-state index contributed by atoms with van der Waals surface area (Å²) in [5.74, 6) is 1.28. The zero-order chi connectivity index (χ0) is 20.8. The lowest BCUT2D eigenvalue weighted by atomic mass is 10.1. The SMILES string of the molecule is CCCCOc1ccc(/C=C2\SC(=S)N(c3ccc(Br)cc3)C2=O)cc1OCC. The molecule has 0 atom stereocenters. The maximum atomic E-state index is 12.9. The van der Waals surface area contributed by atoms with Gasteiger partial charge in [-0.05, 0) is 61.4 Å². The largest absolute Gasteiger partial charge is 0.490 e. The lowest BCUT2D eigenvalue weighted by Crippen LogP contribution is -2.27. The van der Waals surface area contributed by atoms with Gasteiger partial charge in [0.2, 0.25) is 0 Å². The first-order valence-corrected chi connectivity index (χ1v) is 11.5. The molecule has 1 heterocycles. The summed E-state index contributed by atoms with van der Waals surface area (Å²) in [7, 11) is 0. The van der Waals surface area contributed by atoms with Gasteiger partial charge in [-0.25, -0.2) is 0 Å². The van der Waals surface area contributed by atoms with Gasteiger partial charge in [-0.3, -0.25) is 9.69 Å². The second-order valence-corrected chi connectivity index (χ2v) is 8.93. The minimum absolute atomic E-state index is 0.122. The third-order valence-corrected chi connectivity index (χ3v) is 6.03. The van der Waals surface area contributed by atoms with Crippen molar-refractivity contribution in [3.63, 3.8) is 0 Å². The number of rotatable bonds is 8. The van der Waals surface area contributed by atoms with Gasteiger partial charge in [0.25, 0.3) is 5.91 Å². The molecular formula is C22H22BrNO3S2. The van der Waals surface area contributed by atoms with E-state index in [1.165, 1.54) is 11.8 Å². The predicted octanol–water partition coefficient (Wildman–Crippen LogP) is 6.43. The number of halogens is 1. The Morgan fingerprint density at radius 3 is 2.55 bits per heavy atom. The van der Waals surface area contributed by atoms with Crippen LogP contribution in [0.4, 0.5) is 5.69 Å². The fraction of sp³-hybridized carbons (Fsp3) is 0.273. The number of thiocarbonyl (C=S) groups is 1. The van der Waals surface area contributed by atoms with Crippen LogP contribution in [0.15, 0.2) is 51.8 Å². The summed E-state index contributed by atoms with van der Waals surface area (Å²) in [5, 5.41) is 0. The molecule has 0 N–H and O–H groups in total. The standard InChI is InChI=1S/C22H22BrNO3S2/c1-3-5-12-27-18-11-6-15(13-19(18)26-4-2)14-20-21(25)24(22(28)29-20)17-9-7-16(23)8-10-17/h6-11,13-14H,3-5,12H2,1-2H3/b20-14-. The molecule has 2 aromatic carbocycles. The van der Waals surface area contributed by atoms with Crippen LogP contribution in [-0.2, 0) is 4.79 Å². The van der Waals surface area contributed by atoms with Gasteiger partial charge in [0, 0.05) is 4.47 Å². The van der Waals surface area contributed by atoms with Crippen molar-refractivity contribution in [2.75, 3.05) is 18.1 Å². The third-order valence-electron chi connectivity index (χ3n) is 4.20. The Bertz CT molecular complexity index is 928. The second kappa shape index (κ2) is 10.3. The number of carbonyl (C=O) groups excluding carboxylic acids is 1. The van der Waals surface area contributed by atoms with E-state index in [9.17, 15) is 4.79 Å². The summed E-state index contributed by atoms with van der Waals surface area (Å²) >= 11 is 10.2. The van der Waals surface area contributed by atoms with E-state index in [-0.39, 0.29) is 5.91 Å². The fourth-order valence-electron chi connectivity index (χ4n) is 2.76. The highest BCUT2D eigenvalue weighted by atomic mass is 79.9. The first-order chi connectivity index (χ1) is 14.0. The molecule has 0 unspecified atom stereocenters. The van der Waals surface area contributed by atoms with Crippen molar-refractivity contribution in [1.29, 1.82) is 0 Å². The van der Waals surface area contributed by atoms with E-state index in [1.54, 1.807) is 4.90 Å². The summed E-state index contributed by atoms with van der Waals surface area (Å²) in [4.78, 5) is 15.1. The molecule has 152 valence electrons. The Morgan fingerprint density at radius 2 is 1.86 bits per heavy atom. The minimum Gasteiger partial charge on any atom is -0.490 e. The number of anilines is 1. The normalized spacial score (nSPS) is 15.3. The van der Waals surface area contributed by atoms with Crippen LogP contribution >= 0.6 is 39.9 Å². The molecule has 0 bridgehead atoms. The smallest absolute Gasteiger partial charge is 0.270 e. The third kappa shape index (κ3) is 5.41. The summed E-state index contributed by atoms with van der Waals surface area (Å²) < 4.78 is 13.0. The lowest BCUT2D eigenvalue weighted by molar-refractivity contribution is -0.113.